The zero-order valence-corrected chi connectivity index (χ0v) is 15.7. The van der Waals surface area contributed by atoms with Gasteiger partial charge >= 0.3 is 0 Å². The number of carbonyl (C=O) groups excluding carboxylic acids is 1. The Hall–Kier alpha value is -3.28. The van der Waals surface area contributed by atoms with E-state index in [1.165, 1.54) is 5.56 Å². The van der Waals surface area contributed by atoms with Gasteiger partial charge in [-0.05, 0) is 49.7 Å². The summed E-state index contributed by atoms with van der Waals surface area (Å²) in [4.78, 5) is 12.3. The summed E-state index contributed by atoms with van der Waals surface area (Å²) in [5.74, 6) is 1.24. The van der Waals surface area contributed by atoms with Gasteiger partial charge in [0.25, 0.3) is 5.91 Å². The average Bonchev–Trinajstić information content (AvgIpc) is 3.16. The normalized spacial score (nSPS) is 10.5. The molecule has 0 aliphatic carbocycles. The SMILES string of the molecule is COc1ccc(C)cc1-n1ccc(C(=O)NCCOc2ccc(C)cc2)n1. The number of hydrogen-bond acceptors (Lipinski definition) is 4. The summed E-state index contributed by atoms with van der Waals surface area (Å²) in [5, 5.41) is 7.17. The van der Waals surface area contributed by atoms with E-state index in [1.54, 1.807) is 24.1 Å². The second-order valence-corrected chi connectivity index (χ2v) is 6.24. The molecule has 6 nitrogen and oxygen atoms in total. The fraction of sp³-hybridized carbons (Fsp3) is 0.238. The van der Waals surface area contributed by atoms with Crippen LogP contribution >= 0.6 is 0 Å². The molecule has 2 aromatic carbocycles. The van der Waals surface area contributed by atoms with E-state index in [0.717, 1.165) is 17.0 Å². The maximum atomic E-state index is 12.3. The lowest BCUT2D eigenvalue weighted by Gasteiger charge is -2.09. The first-order valence-corrected chi connectivity index (χ1v) is 8.75. The molecule has 6 heteroatoms. The molecule has 0 saturated carbocycles. The van der Waals surface area contributed by atoms with Crippen LogP contribution in [0.1, 0.15) is 21.6 Å². The van der Waals surface area contributed by atoms with Crippen molar-refractivity contribution in [3.8, 4) is 17.2 Å². The van der Waals surface area contributed by atoms with Gasteiger partial charge in [0.2, 0.25) is 0 Å². The van der Waals surface area contributed by atoms with Crippen LogP contribution in [0.4, 0.5) is 0 Å². The zero-order valence-electron chi connectivity index (χ0n) is 15.7. The minimum Gasteiger partial charge on any atom is -0.494 e. The van der Waals surface area contributed by atoms with Gasteiger partial charge in [-0.25, -0.2) is 4.68 Å². The van der Waals surface area contributed by atoms with Crippen LogP contribution in [0.3, 0.4) is 0 Å². The molecular weight excluding hydrogens is 342 g/mol. The highest BCUT2D eigenvalue weighted by Crippen LogP contribution is 2.23. The maximum absolute atomic E-state index is 12.3. The number of amides is 1. The molecule has 0 saturated heterocycles. The summed E-state index contributed by atoms with van der Waals surface area (Å²) >= 11 is 0. The molecule has 1 amide bonds. The summed E-state index contributed by atoms with van der Waals surface area (Å²) in [5.41, 5.74) is 3.39. The Kier molecular flexibility index (Phi) is 5.76. The molecule has 0 bridgehead atoms. The van der Waals surface area contributed by atoms with Crippen molar-refractivity contribution < 1.29 is 14.3 Å². The van der Waals surface area contributed by atoms with Gasteiger partial charge in [-0.1, -0.05) is 23.8 Å². The summed E-state index contributed by atoms with van der Waals surface area (Å²) < 4.78 is 12.6. The van der Waals surface area contributed by atoms with Gasteiger partial charge in [-0.15, -0.1) is 0 Å². The standard InChI is InChI=1S/C21H23N3O3/c1-15-4-7-17(8-5-15)27-13-11-22-21(25)18-10-12-24(23-18)19-14-16(2)6-9-20(19)26-3/h4-10,12,14H,11,13H2,1-3H3,(H,22,25). The van der Waals surface area contributed by atoms with Crippen molar-refractivity contribution >= 4 is 5.91 Å². The van der Waals surface area contributed by atoms with Crippen LogP contribution in [0.25, 0.3) is 5.69 Å². The number of rotatable bonds is 7. The van der Waals surface area contributed by atoms with E-state index >= 15 is 0 Å². The Labute approximate surface area is 158 Å². The molecule has 0 unspecified atom stereocenters. The second kappa shape index (κ2) is 8.40. The van der Waals surface area contributed by atoms with E-state index < -0.39 is 0 Å². The molecule has 27 heavy (non-hydrogen) atoms. The van der Waals surface area contributed by atoms with Gasteiger partial charge in [-0.3, -0.25) is 4.79 Å². The number of nitrogens with one attached hydrogen (secondary N) is 1. The molecule has 1 aromatic heterocycles. The van der Waals surface area contributed by atoms with Crippen molar-refractivity contribution in [2.24, 2.45) is 0 Å². The third kappa shape index (κ3) is 4.67. The van der Waals surface area contributed by atoms with E-state index in [-0.39, 0.29) is 5.91 Å². The predicted molar refractivity (Wildman–Crippen MR) is 104 cm³/mol. The molecule has 0 radical (unpaired) electrons. The average molecular weight is 365 g/mol. The Balaban J connectivity index is 1.57. The summed E-state index contributed by atoms with van der Waals surface area (Å²) in [6, 6.07) is 15.3. The van der Waals surface area contributed by atoms with Crippen molar-refractivity contribution in [1.82, 2.24) is 15.1 Å². The third-order valence-corrected chi connectivity index (χ3v) is 4.08. The lowest BCUT2D eigenvalue weighted by molar-refractivity contribution is 0.0941. The van der Waals surface area contributed by atoms with Crippen molar-refractivity contribution in [3.63, 3.8) is 0 Å². The molecule has 1 heterocycles. The van der Waals surface area contributed by atoms with Gasteiger partial charge in [0.15, 0.2) is 5.69 Å². The molecule has 140 valence electrons. The second-order valence-electron chi connectivity index (χ2n) is 6.24. The van der Waals surface area contributed by atoms with Crippen LogP contribution in [0.5, 0.6) is 11.5 Å². The number of aryl methyl sites for hydroxylation is 2. The lowest BCUT2D eigenvalue weighted by atomic mass is 10.2. The first-order chi connectivity index (χ1) is 13.1. The van der Waals surface area contributed by atoms with Gasteiger partial charge in [0.1, 0.15) is 23.8 Å². The Morgan fingerprint density at radius 1 is 1.07 bits per heavy atom. The monoisotopic (exact) mass is 365 g/mol. The fourth-order valence-electron chi connectivity index (χ4n) is 2.62. The van der Waals surface area contributed by atoms with Gasteiger partial charge in [0.05, 0.1) is 13.7 Å². The van der Waals surface area contributed by atoms with Crippen LogP contribution in [0, 0.1) is 13.8 Å². The van der Waals surface area contributed by atoms with E-state index in [2.05, 4.69) is 10.4 Å². The molecule has 0 spiro atoms. The van der Waals surface area contributed by atoms with Crippen LogP contribution in [0.15, 0.2) is 54.7 Å². The highest BCUT2D eigenvalue weighted by molar-refractivity contribution is 5.92. The summed E-state index contributed by atoms with van der Waals surface area (Å²) in [7, 11) is 1.61. The maximum Gasteiger partial charge on any atom is 0.271 e. The number of carbonyl (C=O) groups is 1. The van der Waals surface area contributed by atoms with Gasteiger partial charge in [-0.2, -0.15) is 5.10 Å². The van der Waals surface area contributed by atoms with Crippen LogP contribution in [-0.4, -0.2) is 35.9 Å². The Morgan fingerprint density at radius 3 is 2.56 bits per heavy atom. The van der Waals surface area contributed by atoms with E-state index in [9.17, 15) is 4.79 Å². The molecular formula is C21H23N3O3. The lowest BCUT2D eigenvalue weighted by Crippen LogP contribution is -2.28. The van der Waals surface area contributed by atoms with E-state index in [0.29, 0.717) is 24.6 Å². The van der Waals surface area contributed by atoms with Gasteiger partial charge < -0.3 is 14.8 Å². The highest BCUT2D eigenvalue weighted by atomic mass is 16.5. The Bertz CT molecular complexity index is 917. The summed E-state index contributed by atoms with van der Waals surface area (Å²) in [6.07, 6.45) is 1.75. The molecule has 0 aliphatic rings. The fourth-order valence-corrected chi connectivity index (χ4v) is 2.62. The topological polar surface area (TPSA) is 65.4 Å². The van der Waals surface area contributed by atoms with Crippen LogP contribution in [-0.2, 0) is 0 Å². The molecule has 1 N–H and O–H groups in total. The van der Waals surface area contributed by atoms with Gasteiger partial charge in [0, 0.05) is 6.20 Å². The minimum atomic E-state index is -0.243. The number of aromatic nitrogens is 2. The smallest absolute Gasteiger partial charge is 0.271 e. The predicted octanol–water partition coefficient (Wildman–Crippen LogP) is 3.31. The molecule has 0 aliphatic heterocycles. The van der Waals surface area contributed by atoms with Crippen LogP contribution in [0.2, 0.25) is 0 Å². The van der Waals surface area contributed by atoms with Crippen molar-refractivity contribution in [3.05, 3.63) is 71.5 Å². The first-order valence-electron chi connectivity index (χ1n) is 8.75. The number of hydrogen-bond donors (Lipinski definition) is 1. The van der Waals surface area contributed by atoms with Crippen LogP contribution < -0.4 is 14.8 Å². The van der Waals surface area contributed by atoms with E-state index in [4.69, 9.17) is 9.47 Å². The number of benzene rings is 2. The number of ether oxygens (including phenoxy) is 2. The zero-order chi connectivity index (χ0) is 19.2. The third-order valence-electron chi connectivity index (χ3n) is 4.08. The molecule has 0 atom stereocenters. The van der Waals surface area contributed by atoms with E-state index in [1.807, 2.05) is 56.3 Å². The van der Waals surface area contributed by atoms with Crippen molar-refractivity contribution in [2.75, 3.05) is 20.3 Å². The summed E-state index contributed by atoms with van der Waals surface area (Å²) in [6.45, 7) is 4.80. The largest absolute Gasteiger partial charge is 0.494 e. The number of methoxy groups -OCH3 is 1. The molecule has 3 aromatic rings. The quantitative estimate of drug-likeness (QED) is 0.653. The first kappa shape index (κ1) is 18.5. The number of nitrogens with zero attached hydrogens (tertiary/aromatic N) is 2. The molecule has 3 rings (SSSR count). The minimum absolute atomic E-state index is 0.243. The van der Waals surface area contributed by atoms with Crippen molar-refractivity contribution in [1.29, 1.82) is 0 Å². The Morgan fingerprint density at radius 2 is 1.81 bits per heavy atom. The molecule has 0 fully saturated rings. The van der Waals surface area contributed by atoms with Crippen molar-refractivity contribution in [2.45, 2.75) is 13.8 Å². The highest BCUT2D eigenvalue weighted by Gasteiger charge is 2.12.